The molecule has 14 heavy (non-hydrogen) atoms. The van der Waals surface area contributed by atoms with Crippen LogP contribution in [0.2, 0.25) is 0 Å². The summed E-state index contributed by atoms with van der Waals surface area (Å²) >= 11 is 0. The summed E-state index contributed by atoms with van der Waals surface area (Å²) in [4.78, 5) is 4.25. The smallest absolute Gasteiger partial charge is 0.285 e. The van der Waals surface area contributed by atoms with E-state index in [9.17, 15) is 0 Å². The Bertz CT molecular complexity index is 209. The van der Waals surface area contributed by atoms with Gasteiger partial charge in [0.25, 0.3) is 6.02 Å². The fourth-order valence-corrected chi connectivity index (χ4v) is 2.37. The summed E-state index contributed by atoms with van der Waals surface area (Å²) in [5.41, 5.74) is 0. The molecule has 0 radical (unpaired) electrons. The Hall–Kier alpha value is -0.730. The summed E-state index contributed by atoms with van der Waals surface area (Å²) in [5, 5.41) is 3.38. The average molecular weight is 196 g/mol. The van der Waals surface area contributed by atoms with Gasteiger partial charge in [0, 0.05) is 6.04 Å². The van der Waals surface area contributed by atoms with Crippen LogP contribution in [0.15, 0.2) is 4.99 Å². The quantitative estimate of drug-likeness (QED) is 0.732. The summed E-state index contributed by atoms with van der Waals surface area (Å²) in [5.74, 6) is 0.815. The lowest BCUT2D eigenvalue weighted by Gasteiger charge is -2.28. The van der Waals surface area contributed by atoms with Gasteiger partial charge < -0.3 is 10.1 Å². The number of hydrogen-bond acceptors (Lipinski definition) is 3. The van der Waals surface area contributed by atoms with E-state index in [0.717, 1.165) is 25.1 Å². The Labute approximate surface area is 85.9 Å². The standard InChI is InChI=1S/C11H20N2O/c1-9(10-5-3-2-4-6-10)13-11-12-7-8-14-11/h9-10H,2-8H2,1H3,(H,12,13). The molecule has 1 saturated carbocycles. The topological polar surface area (TPSA) is 33.6 Å². The third-order valence-electron chi connectivity index (χ3n) is 3.29. The van der Waals surface area contributed by atoms with E-state index in [1.807, 2.05) is 0 Å². The van der Waals surface area contributed by atoms with E-state index in [0.29, 0.717) is 6.04 Å². The van der Waals surface area contributed by atoms with Crippen LogP contribution < -0.4 is 5.32 Å². The molecule has 1 fully saturated rings. The van der Waals surface area contributed by atoms with Gasteiger partial charge >= 0.3 is 0 Å². The molecule has 1 heterocycles. The number of nitrogens with one attached hydrogen (secondary N) is 1. The molecule has 0 aromatic rings. The highest BCUT2D eigenvalue weighted by Gasteiger charge is 2.21. The second-order valence-electron chi connectivity index (χ2n) is 4.37. The molecule has 0 bridgehead atoms. The van der Waals surface area contributed by atoms with E-state index in [1.165, 1.54) is 32.1 Å². The first-order valence-corrected chi connectivity index (χ1v) is 5.80. The fourth-order valence-electron chi connectivity index (χ4n) is 2.37. The molecule has 1 N–H and O–H groups in total. The maximum absolute atomic E-state index is 5.35. The van der Waals surface area contributed by atoms with Crippen molar-refractivity contribution in [2.45, 2.75) is 45.1 Å². The van der Waals surface area contributed by atoms with Gasteiger partial charge in [-0.25, -0.2) is 4.99 Å². The van der Waals surface area contributed by atoms with Gasteiger partial charge in [0.15, 0.2) is 0 Å². The predicted octanol–water partition coefficient (Wildman–Crippen LogP) is 1.93. The van der Waals surface area contributed by atoms with E-state index in [4.69, 9.17) is 4.74 Å². The number of ether oxygens (including phenoxy) is 1. The minimum Gasteiger partial charge on any atom is -0.463 e. The number of rotatable bonds is 2. The molecule has 0 saturated heterocycles. The zero-order chi connectivity index (χ0) is 9.80. The van der Waals surface area contributed by atoms with Crippen molar-refractivity contribution >= 4 is 6.02 Å². The molecule has 3 nitrogen and oxygen atoms in total. The molecular weight excluding hydrogens is 176 g/mol. The van der Waals surface area contributed by atoms with Crippen LogP contribution in [0.4, 0.5) is 0 Å². The SMILES string of the molecule is CC(NC1=NCCO1)C1CCCCC1. The molecule has 0 aromatic heterocycles. The van der Waals surface area contributed by atoms with Crippen molar-refractivity contribution in [1.29, 1.82) is 0 Å². The molecule has 0 aromatic carbocycles. The Balaban J connectivity index is 1.78. The van der Waals surface area contributed by atoms with Gasteiger partial charge in [-0.1, -0.05) is 19.3 Å². The lowest BCUT2D eigenvalue weighted by Crippen LogP contribution is -2.39. The Morgan fingerprint density at radius 3 is 2.79 bits per heavy atom. The van der Waals surface area contributed by atoms with Gasteiger partial charge in [-0.15, -0.1) is 0 Å². The van der Waals surface area contributed by atoms with Gasteiger partial charge in [0.05, 0.1) is 6.54 Å². The van der Waals surface area contributed by atoms with Gasteiger partial charge in [-0.05, 0) is 25.7 Å². The lowest BCUT2D eigenvalue weighted by molar-refractivity contribution is 0.275. The van der Waals surface area contributed by atoms with Gasteiger partial charge in [0.1, 0.15) is 6.61 Å². The van der Waals surface area contributed by atoms with Crippen molar-refractivity contribution in [2.75, 3.05) is 13.2 Å². The molecule has 1 aliphatic heterocycles. The molecule has 1 atom stereocenters. The number of amidine groups is 1. The number of aliphatic imine (C=N–C) groups is 1. The van der Waals surface area contributed by atoms with Crippen molar-refractivity contribution in [3.05, 3.63) is 0 Å². The van der Waals surface area contributed by atoms with Crippen LogP contribution >= 0.6 is 0 Å². The summed E-state index contributed by atoms with van der Waals surface area (Å²) in [6, 6.07) is 1.29. The third-order valence-corrected chi connectivity index (χ3v) is 3.29. The maximum Gasteiger partial charge on any atom is 0.285 e. The van der Waals surface area contributed by atoms with Crippen molar-refractivity contribution in [1.82, 2.24) is 5.32 Å². The Morgan fingerprint density at radius 2 is 2.14 bits per heavy atom. The largest absolute Gasteiger partial charge is 0.463 e. The van der Waals surface area contributed by atoms with Gasteiger partial charge in [0.2, 0.25) is 0 Å². The van der Waals surface area contributed by atoms with Crippen molar-refractivity contribution in [3.63, 3.8) is 0 Å². The molecule has 2 rings (SSSR count). The zero-order valence-corrected chi connectivity index (χ0v) is 8.96. The normalized spacial score (nSPS) is 25.4. The van der Waals surface area contributed by atoms with E-state index in [-0.39, 0.29) is 0 Å². The van der Waals surface area contributed by atoms with Gasteiger partial charge in [-0.2, -0.15) is 0 Å². The highest BCUT2D eigenvalue weighted by atomic mass is 16.5. The molecular formula is C11H20N2O. The second-order valence-corrected chi connectivity index (χ2v) is 4.37. The molecule has 2 aliphatic rings. The van der Waals surface area contributed by atoms with Crippen LogP contribution in [-0.2, 0) is 4.74 Å². The fraction of sp³-hybridized carbons (Fsp3) is 0.909. The van der Waals surface area contributed by atoms with Crippen molar-refractivity contribution < 1.29 is 4.74 Å². The highest BCUT2D eigenvalue weighted by Crippen LogP contribution is 2.26. The van der Waals surface area contributed by atoms with Crippen LogP contribution in [-0.4, -0.2) is 25.2 Å². The van der Waals surface area contributed by atoms with Gasteiger partial charge in [-0.3, -0.25) is 0 Å². The lowest BCUT2D eigenvalue weighted by atomic mass is 9.85. The highest BCUT2D eigenvalue weighted by molar-refractivity contribution is 5.75. The summed E-state index contributed by atoms with van der Waals surface area (Å²) in [6.07, 6.45) is 6.93. The summed E-state index contributed by atoms with van der Waals surface area (Å²) in [6.45, 7) is 3.82. The van der Waals surface area contributed by atoms with Crippen LogP contribution in [0.1, 0.15) is 39.0 Å². The first kappa shape index (κ1) is 9.81. The minimum absolute atomic E-state index is 0.521. The number of hydrogen-bond donors (Lipinski definition) is 1. The molecule has 80 valence electrons. The molecule has 1 unspecified atom stereocenters. The van der Waals surface area contributed by atoms with E-state index >= 15 is 0 Å². The van der Waals surface area contributed by atoms with Crippen LogP contribution in [0.25, 0.3) is 0 Å². The second kappa shape index (κ2) is 4.67. The van der Waals surface area contributed by atoms with Crippen LogP contribution in [0.3, 0.4) is 0 Å². The molecule has 1 aliphatic carbocycles. The monoisotopic (exact) mass is 196 g/mol. The maximum atomic E-state index is 5.35. The zero-order valence-electron chi connectivity index (χ0n) is 8.96. The van der Waals surface area contributed by atoms with Crippen molar-refractivity contribution in [3.8, 4) is 0 Å². The third kappa shape index (κ3) is 2.40. The number of nitrogens with zero attached hydrogens (tertiary/aromatic N) is 1. The van der Waals surface area contributed by atoms with Crippen LogP contribution in [0, 0.1) is 5.92 Å². The predicted molar refractivity (Wildman–Crippen MR) is 57.4 cm³/mol. The molecule has 0 spiro atoms. The Kier molecular flexibility index (Phi) is 3.27. The summed E-state index contributed by atoms with van der Waals surface area (Å²) < 4.78 is 5.35. The first-order valence-electron chi connectivity index (χ1n) is 5.80. The first-order chi connectivity index (χ1) is 6.86. The van der Waals surface area contributed by atoms with E-state index in [1.54, 1.807) is 0 Å². The Morgan fingerprint density at radius 1 is 1.36 bits per heavy atom. The molecule has 0 amide bonds. The average Bonchev–Trinajstić information content (AvgIpc) is 2.72. The van der Waals surface area contributed by atoms with Crippen molar-refractivity contribution in [2.24, 2.45) is 10.9 Å². The van der Waals surface area contributed by atoms with E-state index in [2.05, 4.69) is 17.2 Å². The minimum atomic E-state index is 0.521. The van der Waals surface area contributed by atoms with E-state index < -0.39 is 0 Å². The summed E-state index contributed by atoms with van der Waals surface area (Å²) in [7, 11) is 0. The van der Waals surface area contributed by atoms with Crippen LogP contribution in [0.5, 0.6) is 0 Å². The molecule has 3 heteroatoms.